The molecule has 2 rings (SSSR count). The second-order valence-corrected chi connectivity index (χ2v) is 6.03. The normalized spacial score (nSPS) is 11.0. The van der Waals surface area contributed by atoms with E-state index in [0.29, 0.717) is 18.8 Å². The predicted octanol–water partition coefficient (Wildman–Crippen LogP) is 2.75. The van der Waals surface area contributed by atoms with E-state index < -0.39 is 5.41 Å². The van der Waals surface area contributed by atoms with Crippen molar-refractivity contribution < 1.29 is 14.3 Å². The Balaban J connectivity index is 1.82. The van der Waals surface area contributed by atoms with Crippen LogP contribution in [0.3, 0.4) is 0 Å². The van der Waals surface area contributed by atoms with Crippen LogP contribution in [0.5, 0.6) is 11.5 Å². The van der Waals surface area contributed by atoms with E-state index >= 15 is 0 Å². The first kappa shape index (κ1) is 17.7. The maximum Gasteiger partial charge on any atom is 0.230 e. The summed E-state index contributed by atoms with van der Waals surface area (Å²) >= 11 is 0. The summed E-state index contributed by atoms with van der Waals surface area (Å²) < 4.78 is 10.7. The van der Waals surface area contributed by atoms with Gasteiger partial charge < -0.3 is 20.5 Å². The molecule has 1 amide bonds. The van der Waals surface area contributed by atoms with Crippen molar-refractivity contribution in [3.8, 4) is 11.5 Å². The highest BCUT2D eigenvalue weighted by Gasteiger charge is 2.29. The molecule has 3 N–H and O–H groups in total. The van der Waals surface area contributed by atoms with Crippen LogP contribution in [0.1, 0.15) is 19.4 Å². The second kappa shape index (κ2) is 7.73. The molecule has 0 aromatic heterocycles. The van der Waals surface area contributed by atoms with Crippen molar-refractivity contribution in [3.05, 3.63) is 54.1 Å². The van der Waals surface area contributed by atoms with E-state index in [1.54, 1.807) is 19.2 Å². The molecule has 2 aromatic rings. The van der Waals surface area contributed by atoms with Gasteiger partial charge in [-0.05, 0) is 55.8 Å². The van der Waals surface area contributed by atoms with Gasteiger partial charge in [-0.1, -0.05) is 12.1 Å². The van der Waals surface area contributed by atoms with Gasteiger partial charge in [0.2, 0.25) is 5.91 Å². The number of nitrogens with one attached hydrogen (secondary N) is 1. The van der Waals surface area contributed by atoms with Crippen LogP contribution in [0.2, 0.25) is 0 Å². The average molecular weight is 328 g/mol. The average Bonchev–Trinajstić information content (AvgIpc) is 2.59. The smallest absolute Gasteiger partial charge is 0.230 e. The molecule has 0 bridgehead atoms. The number of nitrogen functional groups attached to an aromatic ring is 1. The van der Waals surface area contributed by atoms with Gasteiger partial charge in [-0.2, -0.15) is 0 Å². The molecule has 0 atom stereocenters. The summed E-state index contributed by atoms with van der Waals surface area (Å²) in [6, 6.07) is 14.7. The fourth-order valence-corrected chi connectivity index (χ4v) is 2.26. The second-order valence-electron chi connectivity index (χ2n) is 6.03. The Morgan fingerprint density at radius 1 is 1.04 bits per heavy atom. The largest absolute Gasteiger partial charge is 0.497 e. The Morgan fingerprint density at radius 3 is 2.21 bits per heavy atom. The number of hydrogen-bond donors (Lipinski definition) is 2. The van der Waals surface area contributed by atoms with E-state index in [1.807, 2.05) is 50.2 Å². The van der Waals surface area contributed by atoms with E-state index in [-0.39, 0.29) is 5.91 Å². The van der Waals surface area contributed by atoms with Crippen molar-refractivity contribution in [2.24, 2.45) is 0 Å². The zero-order chi connectivity index (χ0) is 17.6. The van der Waals surface area contributed by atoms with Crippen LogP contribution in [0.4, 0.5) is 5.69 Å². The molecule has 128 valence electrons. The molecule has 0 aliphatic heterocycles. The summed E-state index contributed by atoms with van der Waals surface area (Å²) in [4.78, 5) is 12.4. The molecular formula is C19H24N2O3. The highest BCUT2D eigenvalue weighted by Crippen LogP contribution is 2.24. The van der Waals surface area contributed by atoms with Crippen LogP contribution >= 0.6 is 0 Å². The number of anilines is 1. The van der Waals surface area contributed by atoms with Crippen LogP contribution in [0.15, 0.2) is 48.5 Å². The number of methoxy groups -OCH3 is 1. The van der Waals surface area contributed by atoms with Gasteiger partial charge in [-0.15, -0.1) is 0 Å². The summed E-state index contributed by atoms with van der Waals surface area (Å²) in [6.45, 7) is 4.61. The van der Waals surface area contributed by atoms with Crippen molar-refractivity contribution >= 4 is 11.6 Å². The number of carbonyl (C=O) groups is 1. The van der Waals surface area contributed by atoms with Crippen LogP contribution in [-0.4, -0.2) is 26.2 Å². The van der Waals surface area contributed by atoms with Crippen LogP contribution in [0, 0.1) is 0 Å². The number of carbonyl (C=O) groups excluding carboxylic acids is 1. The van der Waals surface area contributed by atoms with Gasteiger partial charge in [-0.25, -0.2) is 0 Å². The molecule has 5 heteroatoms. The first-order chi connectivity index (χ1) is 11.4. The van der Waals surface area contributed by atoms with Crippen molar-refractivity contribution in [2.45, 2.75) is 19.3 Å². The Labute approximate surface area is 142 Å². The first-order valence-corrected chi connectivity index (χ1v) is 7.84. The fraction of sp³-hybridized carbons (Fsp3) is 0.316. The van der Waals surface area contributed by atoms with Gasteiger partial charge in [0.05, 0.1) is 19.1 Å². The van der Waals surface area contributed by atoms with E-state index in [9.17, 15) is 4.79 Å². The molecule has 0 heterocycles. The van der Waals surface area contributed by atoms with Crippen LogP contribution in [-0.2, 0) is 10.2 Å². The van der Waals surface area contributed by atoms with E-state index in [0.717, 1.165) is 17.1 Å². The molecule has 2 aromatic carbocycles. The minimum absolute atomic E-state index is 0.0504. The number of ether oxygens (including phenoxy) is 2. The van der Waals surface area contributed by atoms with Gasteiger partial charge in [-0.3, -0.25) is 4.79 Å². The van der Waals surface area contributed by atoms with Gasteiger partial charge in [0.15, 0.2) is 0 Å². The van der Waals surface area contributed by atoms with Crippen LogP contribution in [0.25, 0.3) is 0 Å². The van der Waals surface area contributed by atoms with E-state index in [2.05, 4.69) is 5.32 Å². The highest BCUT2D eigenvalue weighted by molar-refractivity contribution is 5.87. The number of hydrogen-bond acceptors (Lipinski definition) is 4. The van der Waals surface area contributed by atoms with Crippen molar-refractivity contribution in [1.82, 2.24) is 5.32 Å². The lowest BCUT2D eigenvalue weighted by molar-refractivity contribution is -0.125. The Hall–Kier alpha value is -2.69. The number of nitrogens with two attached hydrogens (primary N) is 1. The minimum Gasteiger partial charge on any atom is -0.497 e. The van der Waals surface area contributed by atoms with Gasteiger partial charge in [0.25, 0.3) is 0 Å². The predicted molar refractivity (Wildman–Crippen MR) is 95.4 cm³/mol. The fourth-order valence-electron chi connectivity index (χ4n) is 2.26. The maximum atomic E-state index is 12.4. The molecule has 0 unspecified atom stereocenters. The van der Waals surface area contributed by atoms with Gasteiger partial charge >= 0.3 is 0 Å². The number of rotatable bonds is 7. The number of benzene rings is 2. The topological polar surface area (TPSA) is 73.6 Å². The minimum atomic E-state index is -0.631. The summed E-state index contributed by atoms with van der Waals surface area (Å²) in [5, 5.41) is 2.91. The molecule has 0 aliphatic rings. The third-order valence-corrected chi connectivity index (χ3v) is 3.92. The monoisotopic (exact) mass is 328 g/mol. The summed E-state index contributed by atoms with van der Waals surface area (Å²) in [7, 11) is 1.62. The quantitative estimate of drug-likeness (QED) is 0.605. The molecule has 0 radical (unpaired) electrons. The third kappa shape index (κ3) is 4.41. The Bertz CT molecular complexity index is 664. The zero-order valence-corrected chi connectivity index (χ0v) is 14.3. The van der Waals surface area contributed by atoms with Crippen molar-refractivity contribution in [1.29, 1.82) is 0 Å². The van der Waals surface area contributed by atoms with Crippen molar-refractivity contribution in [2.75, 3.05) is 26.0 Å². The molecule has 0 saturated carbocycles. The Kier molecular flexibility index (Phi) is 5.68. The standard InChI is InChI=1S/C19H24N2O3/c1-19(2,14-4-6-15(20)7-5-14)18(22)21-12-13-24-17-10-8-16(23-3)9-11-17/h4-11H,12-13,20H2,1-3H3,(H,21,22). The SMILES string of the molecule is COc1ccc(OCCNC(=O)C(C)(C)c2ccc(N)cc2)cc1. The third-order valence-electron chi connectivity index (χ3n) is 3.92. The van der Waals surface area contributed by atoms with Crippen LogP contribution < -0.4 is 20.5 Å². The maximum absolute atomic E-state index is 12.4. The Morgan fingerprint density at radius 2 is 1.62 bits per heavy atom. The summed E-state index contributed by atoms with van der Waals surface area (Å²) in [6.07, 6.45) is 0. The van der Waals surface area contributed by atoms with E-state index in [4.69, 9.17) is 15.2 Å². The molecule has 0 fully saturated rings. The molecule has 5 nitrogen and oxygen atoms in total. The molecule has 24 heavy (non-hydrogen) atoms. The van der Waals surface area contributed by atoms with Gasteiger partial charge in [0, 0.05) is 5.69 Å². The summed E-state index contributed by atoms with van der Waals surface area (Å²) in [5.41, 5.74) is 6.67. The molecule has 0 aliphatic carbocycles. The summed E-state index contributed by atoms with van der Waals surface area (Å²) in [5.74, 6) is 1.47. The molecular weight excluding hydrogens is 304 g/mol. The lowest BCUT2D eigenvalue weighted by atomic mass is 9.83. The first-order valence-electron chi connectivity index (χ1n) is 7.84. The molecule has 0 saturated heterocycles. The lowest BCUT2D eigenvalue weighted by Crippen LogP contribution is -2.41. The van der Waals surface area contributed by atoms with E-state index in [1.165, 1.54) is 0 Å². The lowest BCUT2D eigenvalue weighted by Gasteiger charge is -2.24. The van der Waals surface area contributed by atoms with Crippen molar-refractivity contribution in [3.63, 3.8) is 0 Å². The zero-order valence-electron chi connectivity index (χ0n) is 14.3. The highest BCUT2D eigenvalue weighted by atomic mass is 16.5. The number of amides is 1. The van der Waals surface area contributed by atoms with Gasteiger partial charge in [0.1, 0.15) is 18.1 Å². The molecule has 0 spiro atoms.